The molecular formula is C14H16BrNO2. The van der Waals surface area contributed by atoms with Gasteiger partial charge in [-0.25, -0.2) is 0 Å². The van der Waals surface area contributed by atoms with Crippen molar-refractivity contribution >= 4 is 15.9 Å². The van der Waals surface area contributed by atoms with Crippen molar-refractivity contribution in [2.45, 2.75) is 19.8 Å². The number of halogens is 1. The molecule has 0 fully saturated rings. The molecule has 4 heteroatoms. The zero-order valence-electron chi connectivity index (χ0n) is 10.2. The summed E-state index contributed by atoms with van der Waals surface area (Å²) in [5, 5.41) is 10.00. The van der Waals surface area contributed by atoms with Gasteiger partial charge in [-0.05, 0) is 34.5 Å². The van der Waals surface area contributed by atoms with Crippen LogP contribution in [0.3, 0.4) is 0 Å². The number of ether oxygens (including phenoxy) is 1. The van der Waals surface area contributed by atoms with Crippen molar-refractivity contribution in [1.29, 1.82) is 0 Å². The molecule has 1 aliphatic heterocycles. The first kappa shape index (κ1) is 13.2. The van der Waals surface area contributed by atoms with E-state index in [1.807, 2.05) is 54.4 Å². The van der Waals surface area contributed by atoms with Crippen molar-refractivity contribution < 1.29 is 9.84 Å². The largest absolute Gasteiger partial charge is 0.488 e. The molecule has 1 heterocycles. The molecule has 0 amide bonds. The lowest BCUT2D eigenvalue weighted by molar-refractivity contribution is 0.0694. The minimum Gasteiger partial charge on any atom is -0.488 e. The van der Waals surface area contributed by atoms with E-state index in [1.165, 1.54) is 0 Å². The summed E-state index contributed by atoms with van der Waals surface area (Å²) >= 11 is 3.39. The third kappa shape index (κ3) is 2.94. The van der Waals surface area contributed by atoms with Crippen LogP contribution in [-0.2, 0) is 11.3 Å². The summed E-state index contributed by atoms with van der Waals surface area (Å²) in [5.41, 5.74) is 1.10. The van der Waals surface area contributed by atoms with Crippen LogP contribution in [0.2, 0.25) is 0 Å². The maximum absolute atomic E-state index is 10.00. The van der Waals surface area contributed by atoms with Gasteiger partial charge in [-0.3, -0.25) is 0 Å². The third-order valence-corrected chi connectivity index (χ3v) is 3.60. The molecule has 1 N–H and O–H groups in total. The molecule has 1 atom stereocenters. The first-order valence-corrected chi connectivity index (χ1v) is 6.70. The van der Waals surface area contributed by atoms with Crippen LogP contribution in [0.5, 0.6) is 0 Å². The Bertz CT molecular complexity index is 456. The summed E-state index contributed by atoms with van der Waals surface area (Å²) in [6.07, 6.45) is 3.05. The van der Waals surface area contributed by atoms with Gasteiger partial charge in [0.1, 0.15) is 12.4 Å². The summed E-state index contributed by atoms with van der Waals surface area (Å²) in [6, 6.07) is 9.95. The van der Waals surface area contributed by atoms with Gasteiger partial charge in [-0.15, -0.1) is 0 Å². The second-order valence-corrected chi connectivity index (χ2v) is 4.86. The Morgan fingerprint density at radius 3 is 2.72 bits per heavy atom. The van der Waals surface area contributed by atoms with Crippen LogP contribution in [0, 0.1) is 0 Å². The number of hydrogen-bond acceptors (Lipinski definition) is 3. The van der Waals surface area contributed by atoms with Crippen LogP contribution < -0.4 is 0 Å². The van der Waals surface area contributed by atoms with Gasteiger partial charge in [0.25, 0.3) is 0 Å². The van der Waals surface area contributed by atoms with Crippen LogP contribution in [0.1, 0.15) is 12.5 Å². The highest BCUT2D eigenvalue weighted by atomic mass is 79.9. The summed E-state index contributed by atoms with van der Waals surface area (Å²) in [4.78, 5) is 1.82. The van der Waals surface area contributed by atoms with Crippen molar-refractivity contribution in [2.75, 3.05) is 6.54 Å². The molecule has 1 aromatic rings. The lowest BCUT2D eigenvalue weighted by atomic mass is 10.2. The highest BCUT2D eigenvalue weighted by molar-refractivity contribution is 9.11. The van der Waals surface area contributed by atoms with Crippen LogP contribution in [0.15, 0.2) is 52.8 Å². The molecule has 96 valence electrons. The number of rotatable bonds is 4. The fraction of sp³-hybridized carbons (Fsp3) is 0.286. The topological polar surface area (TPSA) is 32.7 Å². The number of benzene rings is 1. The van der Waals surface area contributed by atoms with Gasteiger partial charge in [0, 0.05) is 12.7 Å². The molecule has 0 saturated heterocycles. The Morgan fingerprint density at radius 2 is 2.06 bits per heavy atom. The lowest BCUT2D eigenvalue weighted by Crippen LogP contribution is -2.33. The Morgan fingerprint density at radius 1 is 1.33 bits per heavy atom. The Labute approximate surface area is 116 Å². The first-order chi connectivity index (χ1) is 8.72. The standard InChI is InChI=1S/C14H16BrNO2/c1-2-16-9-8-12(13(15)14(16)17)18-10-11-6-4-3-5-7-11/h3-9,14,17H,2,10H2,1H3. The average molecular weight is 310 g/mol. The molecule has 0 saturated carbocycles. The molecule has 0 radical (unpaired) electrons. The van der Waals surface area contributed by atoms with Crippen molar-refractivity contribution in [3.8, 4) is 0 Å². The van der Waals surface area contributed by atoms with E-state index in [0.29, 0.717) is 16.8 Å². The second-order valence-electron chi connectivity index (χ2n) is 4.01. The predicted molar refractivity (Wildman–Crippen MR) is 74.7 cm³/mol. The zero-order valence-corrected chi connectivity index (χ0v) is 11.8. The fourth-order valence-corrected chi connectivity index (χ4v) is 2.24. The zero-order chi connectivity index (χ0) is 13.0. The van der Waals surface area contributed by atoms with Gasteiger partial charge >= 0.3 is 0 Å². The average Bonchev–Trinajstić information content (AvgIpc) is 2.42. The van der Waals surface area contributed by atoms with Gasteiger partial charge in [0.15, 0.2) is 6.23 Å². The number of allylic oxidation sites excluding steroid dienone is 1. The summed E-state index contributed by atoms with van der Waals surface area (Å²) in [7, 11) is 0. The number of likely N-dealkylation sites (N-methyl/N-ethyl adjacent to an activating group) is 1. The van der Waals surface area contributed by atoms with E-state index in [-0.39, 0.29) is 0 Å². The highest BCUT2D eigenvalue weighted by Gasteiger charge is 2.21. The molecular weight excluding hydrogens is 294 g/mol. The maximum Gasteiger partial charge on any atom is 0.163 e. The minimum atomic E-state index is -0.661. The van der Waals surface area contributed by atoms with Crippen molar-refractivity contribution in [1.82, 2.24) is 4.90 Å². The van der Waals surface area contributed by atoms with Crippen LogP contribution in [0.4, 0.5) is 0 Å². The Kier molecular flexibility index (Phi) is 4.44. The smallest absolute Gasteiger partial charge is 0.163 e. The van der Waals surface area contributed by atoms with Gasteiger partial charge in [-0.1, -0.05) is 30.3 Å². The Balaban J connectivity index is 2.02. The van der Waals surface area contributed by atoms with E-state index in [4.69, 9.17) is 4.74 Å². The van der Waals surface area contributed by atoms with E-state index in [9.17, 15) is 5.11 Å². The van der Waals surface area contributed by atoms with E-state index in [2.05, 4.69) is 15.9 Å². The van der Waals surface area contributed by atoms with Gasteiger partial charge < -0.3 is 14.7 Å². The second kappa shape index (κ2) is 6.07. The minimum absolute atomic E-state index is 0.495. The maximum atomic E-state index is 10.00. The molecule has 1 unspecified atom stereocenters. The monoisotopic (exact) mass is 309 g/mol. The quantitative estimate of drug-likeness (QED) is 0.928. The normalized spacial score (nSPS) is 19.3. The molecule has 1 aromatic carbocycles. The molecule has 0 aromatic heterocycles. The third-order valence-electron chi connectivity index (χ3n) is 2.80. The van der Waals surface area contributed by atoms with Crippen molar-refractivity contribution in [3.05, 3.63) is 58.4 Å². The molecule has 0 bridgehead atoms. The van der Waals surface area contributed by atoms with E-state index in [1.54, 1.807) is 0 Å². The number of aliphatic hydroxyl groups is 1. The van der Waals surface area contributed by atoms with E-state index in [0.717, 1.165) is 12.1 Å². The fourth-order valence-electron chi connectivity index (χ4n) is 1.73. The predicted octanol–water partition coefficient (Wildman–Crippen LogP) is 2.98. The highest BCUT2D eigenvalue weighted by Crippen LogP contribution is 2.26. The Hall–Kier alpha value is -1.26. The van der Waals surface area contributed by atoms with Gasteiger partial charge in [0.2, 0.25) is 0 Å². The van der Waals surface area contributed by atoms with Crippen molar-refractivity contribution in [3.63, 3.8) is 0 Å². The van der Waals surface area contributed by atoms with Gasteiger partial charge in [0.05, 0.1) is 4.48 Å². The summed E-state index contributed by atoms with van der Waals surface area (Å²) in [6.45, 7) is 3.23. The van der Waals surface area contributed by atoms with E-state index < -0.39 is 6.23 Å². The molecule has 1 aliphatic rings. The number of aliphatic hydroxyl groups excluding tert-OH is 1. The van der Waals surface area contributed by atoms with Crippen LogP contribution in [0.25, 0.3) is 0 Å². The SMILES string of the molecule is CCN1C=CC(OCc2ccccc2)=C(Br)C1O. The summed E-state index contributed by atoms with van der Waals surface area (Å²) < 4.78 is 6.37. The van der Waals surface area contributed by atoms with Crippen LogP contribution >= 0.6 is 15.9 Å². The number of hydrogen-bond donors (Lipinski definition) is 1. The lowest BCUT2D eigenvalue weighted by Gasteiger charge is -2.29. The molecule has 18 heavy (non-hydrogen) atoms. The summed E-state index contributed by atoms with van der Waals surface area (Å²) in [5.74, 6) is 0.677. The molecule has 3 nitrogen and oxygen atoms in total. The molecule has 2 rings (SSSR count). The van der Waals surface area contributed by atoms with Gasteiger partial charge in [-0.2, -0.15) is 0 Å². The van der Waals surface area contributed by atoms with E-state index >= 15 is 0 Å². The van der Waals surface area contributed by atoms with Crippen LogP contribution in [-0.4, -0.2) is 22.8 Å². The van der Waals surface area contributed by atoms with Crippen molar-refractivity contribution in [2.24, 2.45) is 0 Å². The molecule has 0 aliphatic carbocycles. The molecule has 0 spiro atoms. The number of nitrogens with zero attached hydrogens (tertiary/aromatic N) is 1. The first-order valence-electron chi connectivity index (χ1n) is 5.90.